The Hall–Kier alpha value is -0.610. The van der Waals surface area contributed by atoms with Crippen molar-refractivity contribution in [2.75, 3.05) is 7.11 Å². The van der Waals surface area contributed by atoms with Crippen molar-refractivity contribution in [1.82, 2.24) is 5.06 Å². The Morgan fingerprint density at radius 2 is 1.93 bits per heavy atom. The van der Waals surface area contributed by atoms with Gasteiger partial charge in [0.15, 0.2) is 0 Å². The Kier molecular flexibility index (Phi) is 2.63. The molecular formula is C10H19NO3. The van der Waals surface area contributed by atoms with Gasteiger partial charge >= 0.3 is 5.97 Å². The smallest absolute Gasteiger partial charge is 0.308 e. The maximum atomic E-state index is 11.1. The lowest BCUT2D eigenvalue weighted by Crippen LogP contribution is -2.49. The molecule has 4 nitrogen and oxygen atoms in total. The van der Waals surface area contributed by atoms with Gasteiger partial charge in [0.2, 0.25) is 0 Å². The van der Waals surface area contributed by atoms with E-state index in [-0.39, 0.29) is 11.5 Å². The van der Waals surface area contributed by atoms with Gasteiger partial charge in [-0.05, 0) is 34.1 Å². The number of carboxylic acid groups (broad SMARTS) is 1. The van der Waals surface area contributed by atoms with Crippen molar-refractivity contribution >= 4 is 5.97 Å². The average Bonchev–Trinajstić information content (AvgIpc) is 2.17. The predicted molar refractivity (Wildman–Crippen MR) is 52.7 cm³/mol. The topological polar surface area (TPSA) is 49.8 Å². The summed E-state index contributed by atoms with van der Waals surface area (Å²) in [5.74, 6) is -1.12. The molecule has 1 fully saturated rings. The van der Waals surface area contributed by atoms with E-state index in [1.54, 1.807) is 12.2 Å². The van der Waals surface area contributed by atoms with Crippen LogP contribution in [0, 0.1) is 5.92 Å². The van der Waals surface area contributed by atoms with Crippen LogP contribution in [0.5, 0.6) is 0 Å². The van der Waals surface area contributed by atoms with Gasteiger partial charge in [-0.3, -0.25) is 4.79 Å². The highest BCUT2D eigenvalue weighted by molar-refractivity contribution is 5.72. The molecule has 1 heterocycles. The second-order valence-corrected chi connectivity index (χ2v) is 5.04. The number of rotatable bonds is 2. The van der Waals surface area contributed by atoms with E-state index in [4.69, 9.17) is 9.94 Å². The Labute approximate surface area is 84.8 Å². The van der Waals surface area contributed by atoms with Crippen molar-refractivity contribution in [3.05, 3.63) is 0 Å². The number of hydroxylamine groups is 2. The van der Waals surface area contributed by atoms with Crippen LogP contribution in [0.4, 0.5) is 0 Å². The molecule has 0 bridgehead atoms. The molecule has 0 radical (unpaired) electrons. The zero-order chi connectivity index (χ0) is 11.1. The minimum absolute atomic E-state index is 0.221. The van der Waals surface area contributed by atoms with Crippen LogP contribution in [0.25, 0.3) is 0 Å². The van der Waals surface area contributed by atoms with Crippen LogP contribution in [0.1, 0.15) is 34.1 Å². The molecule has 14 heavy (non-hydrogen) atoms. The maximum Gasteiger partial charge on any atom is 0.308 e. The summed E-state index contributed by atoms with van der Waals surface area (Å²) in [6.07, 6.45) is 0.614. The molecule has 1 N–H and O–H groups in total. The molecule has 1 aliphatic rings. The lowest BCUT2D eigenvalue weighted by atomic mass is 9.87. The molecule has 1 aliphatic heterocycles. The maximum absolute atomic E-state index is 11.1. The summed E-state index contributed by atoms with van der Waals surface area (Å²) < 4.78 is 0. The molecule has 0 aromatic heterocycles. The molecular weight excluding hydrogens is 182 g/mol. The van der Waals surface area contributed by atoms with Gasteiger partial charge in [-0.15, -0.1) is 0 Å². The molecule has 1 atom stereocenters. The van der Waals surface area contributed by atoms with Crippen LogP contribution in [0.15, 0.2) is 0 Å². The lowest BCUT2D eigenvalue weighted by molar-refractivity contribution is -0.224. The molecule has 0 amide bonds. The second kappa shape index (κ2) is 3.21. The van der Waals surface area contributed by atoms with Crippen molar-refractivity contribution in [3.8, 4) is 0 Å². The first-order valence-electron chi connectivity index (χ1n) is 4.80. The standard InChI is InChI=1S/C10H19NO3/c1-9(2)6-7(8(12)13)10(3,4)11(9)14-5/h7H,6H2,1-5H3,(H,12,13)/t7-/m0/s1. The number of carbonyl (C=O) groups is 1. The number of hydrogen-bond acceptors (Lipinski definition) is 3. The van der Waals surface area contributed by atoms with E-state index in [1.807, 2.05) is 27.7 Å². The van der Waals surface area contributed by atoms with Gasteiger partial charge in [0.25, 0.3) is 0 Å². The third-order valence-corrected chi connectivity index (χ3v) is 3.11. The first kappa shape index (κ1) is 11.5. The first-order chi connectivity index (χ1) is 6.23. The van der Waals surface area contributed by atoms with E-state index in [2.05, 4.69) is 0 Å². The van der Waals surface area contributed by atoms with Crippen molar-refractivity contribution in [2.24, 2.45) is 5.92 Å². The third kappa shape index (κ3) is 1.53. The van der Waals surface area contributed by atoms with E-state index in [0.29, 0.717) is 6.42 Å². The molecule has 1 saturated heterocycles. The zero-order valence-corrected chi connectivity index (χ0v) is 9.50. The van der Waals surface area contributed by atoms with E-state index >= 15 is 0 Å². The number of nitrogens with zero attached hydrogens (tertiary/aromatic N) is 1. The van der Waals surface area contributed by atoms with E-state index in [9.17, 15) is 4.79 Å². The Balaban J connectivity index is 3.04. The number of aliphatic carboxylic acids is 1. The lowest BCUT2D eigenvalue weighted by Gasteiger charge is -2.38. The highest BCUT2D eigenvalue weighted by Gasteiger charge is 2.55. The quantitative estimate of drug-likeness (QED) is 0.735. The number of hydrogen-bond donors (Lipinski definition) is 1. The summed E-state index contributed by atoms with van der Waals surface area (Å²) in [5.41, 5.74) is -0.675. The van der Waals surface area contributed by atoms with Crippen molar-refractivity contribution in [1.29, 1.82) is 0 Å². The fourth-order valence-electron chi connectivity index (χ4n) is 2.63. The van der Waals surface area contributed by atoms with Gasteiger partial charge in [0.1, 0.15) is 0 Å². The molecule has 0 aromatic carbocycles. The molecule has 0 saturated carbocycles. The summed E-state index contributed by atoms with van der Waals surface area (Å²) in [7, 11) is 1.59. The molecule has 82 valence electrons. The zero-order valence-electron chi connectivity index (χ0n) is 9.50. The Bertz CT molecular complexity index is 248. The van der Waals surface area contributed by atoms with Crippen molar-refractivity contribution < 1.29 is 14.7 Å². The van der Waals surface area contributed by atoms with Gasteiger partial charge in [0.05, 0.1) is 18.6 Å². The average molecular weight is 201 g/mol. The third-order valence-electron chi connectivity index (χ3n) is 3.11. The van der Waals surface area contributed by atoms with Gasteiger partial charge < -0.3 is 9.94 Å². The minimum atomic E-state index is -0.748. The molecule has 0 aliphatic carbocycles. The second-order valence-electron chi connectivity index (χ2n) is 5.04. The number of carboxylic acids is 1. The van der Waals surface area contributed by atoms with Crippen LogP contribution in [0.3, 0.4) is 0 Å². The van der Waals surface area contributed by atoms with Crippen LogP contribution >= 0.6 is 0 Å². The molecule has 4 heteroatoms. The molecule has 0 aromatic rings. The normalized spacial score (nSPS) is 30.5. The summed E-state index contributed by atoms with van der Waals surface area (Å²) in [6.45, 7) is 7.82. The van der Waals surface area contributed by atoms with Gasteiger partial charge in [-0.2, -0.15) is 5.06 Å². The molecule has 0 unspecified atom stereocenters. The summed E-state index contributed by atoms with van der Waals surface area (Å²) >= 11 is 0. The monoisotopic (exact) mass is 201 g/mol. The van der Waals surface area contributed by atoms with Crippen LogP contribution < -0.4 is 0 Å². The van der Waals surface area contributed by atoms with Gasteiger partial charge in [0, 0.05) is 5.54 Å². The summed E-state index contributed by atoms with van der Waals surface area (Å²) in [4.78, 5) is 16.4. The fraction of sp³-hybridized carbons (Fsp3) is 0.900. The predicted octanol–water partition coefficient (Wildman–Crippen LogP) is 1.51. The highest BCUT2D eigenvalue weighted by Crippen LogP contribution is 2.44. The van der Waals surface area contributed by atoms with Crippen molar-refractivity contribution in [2.45, 2.75) is 45.2 Å². The SMILES string of the molecule is CON1C(C)(C)C[C@@H](C(=O)O)C1(C)C. The minimum Gasteiger partial charge on any atom is -0.481 e. The largest absolute Gasteiger partial charge is 0.481 e. The van der Waals surface area contributed by atoms with Crippen LogP contribution in [-0.2, 0) is 9.63 Å². The van der Waals surface area contributed by atoms with Crippen LogP contribution in [0.2, 0.25) is 0 Å². The van der Waals surface area contributed by atoms with Gasteiger partial charge in [-0.25, -0.2) is 0 Å². The summed E-state index contributed by atoms with van der Waals surface area (Å²) in [6, 6.07) is 0. The molecule has 1 rings (SSSR count). The van der Waals surface area contributed by atoms with Gasteiger partial charge in [-0.1, -0.05) is 0 Å². The van der Waals surface area contributed by atoms with Crippen molar-refractivity contribution in [3.63, 3.8) is 0 Å². The van der Waals surface area contributed by atoms with Crippen LogP contribution in [-0.4, -0.2) is 34.3 Å². The van der Waals surface area contributed by atoms with E-state index in [1.165, 1.54) is 0 Å². The summed E-state index contributed by atoms with van der Waals surface area (Å²) in [5, 5.41) is 10.9. The van der Waals surface area contributed by atoms with E-state index in [0.717, 1.165) is 0 Å². The highest BCUT2D eigenvalue weighted by atomic mass is 16.7. The Morgan fingerprint density at radius 3 is 2.14 bits per heavy atom. The fourth-order valence-corrected chi connectivity index (χ4v) is 2.63. The first-order valence-corrected chi connectivity index (χ1v) is 4.80. The Morgan fingerprint density at radius 1 is 1.43 bits per heavy atom. The molecule has 0 spiro atoms. The van der Waals surface area contributed by atoms with E-state index < -0.39 is 11.5 Å².